The maximum Gasteiger partial charge on any atom is 0.0824 e. The van der Waals surface area contributed by atoms with E-state index >= 15 is 0 Å². The van der Waals surface area contributed by atoms with Gasteiger partial charge in [0.15, 0.2) is 0 Å². The first kappa shape index (κ1) is 10.4. The second-order valence-electron chi connectivity index (χ2n) is 2.42. The molecule has 0 spiro atoms. The van der Waals surface area contributed by atoms with Gasteiger partial charge in [-0.05, 0) is 12.8 Å². The number of rotatable bonds is 4. The van der Waals surface area contributed by atoms with Crippen LogP contribution in [0.2, 0.25) is 0 Å². The van der Waals surface area contributed by atoms with Crippen molar-refractivity contribution in [2.45, 2.75) is 32.6 Å². The molecule has 0 amide bonds. The Labute approximate surface area is 73.0 Å². The Bertz CT molecular complexity index is 162. The third-order valence-electron chi connectivity index (χ3n) is 1.50. The molecule has 0 unspecified atom stereocenters. The highest BCUT2D eigenvalue weighted by atomic mass is 35.5. The van der Waals surface area contributed by atoms with Crippen molar-refractivity contribution in [3.8, 4) is 0 Å². The van der Waals surface area contributed by atoms with Gasteiger partial charge in [0.05, 0.1) is 5.69 Å². The van der Waals surface area contributed by atoms with Crippen LogP contribution in [0.5, 0.6) is 0 Å². The largest absolute Gasteiger partial charge is 0.265 e. The van der Waals surface area contributed by atoms with Crippen LogP contribution in [0.4, 0.5) is 0 Å². The van der Waals surface area contributed by atoms with Crippen molar-refractivity contribution in [2.24, 2.45) is 0 Å². The average Bonchev–Trinajstić information content (AvgIpc) is 2.41. The predicted octanol–water partition coefficient (Wildman–Crippen LogP) is 1.96. The second-order valence-corrected chi connectivity index (χ2v) is 2.42. The zero-order valence-electron chi connectivity index (χ0n) is 6.71. The molecule has 0 aromatic carbocycles. The maximum atomic E-state index is 3.88. The van der Waals surface area contributed by atoms with Gasteiger partial charge in [0.25, 0.3) is 0 Å². The average molecular weight is 176 g/mol. The molecule has 1 rings (SSSR count). The third-order valence-corrected chi connectivity index (χ3v) is 1.50. The van der Waals surface area contributed by atoms with Crippen LogP contribution in [0, 0.1) is 0 Å². The second kappa shape index (κ2) is 6.16. The summed E-state index contributed by atoms with van der Waals surface area (Å²) >= 11 is 0. The number of H-pyrrole nitrogens is 1. The number of unbranched alkanes of at least 4 members (excludes halogenated alkanes) is 2. The highest BCUT2D eigenvalue weighted by molar-refractivity contribution is 5.85. The number of nitrogens with one attached hydrogen (secondary N) is 1. The Morgan fingerprint density at radius 1 is 1.45 bits per heavy atom. The molecule has 0 saturated carbocycles. The van der Waals surface area contributed by atoms with Crippen molar-refractivity contribution >= 4 is 12.4 Å². The van der Waals surface area contributed by atoms with Crippen LogP contribution < -0.4 is 0 Å². The molecule has 0 fully saturated rings. The summed E-state index contributed by atoms with van der Waals surface area (Å²) in [6.45, 7) is 2.20. The molecule has 11 heavy (non-hydrogen) atoms. The Balaban J connectivity index is 0.000001000. The summed E-state index contributed by atoms with van der Waals surface area (Å²) in [6, 6.07) is 0. The van der Waals surface area contributed by atoms with Crippen LogP contribution in [-0.2, 0) is 6.42 Å². The number of aryl methyl sites for hydroxylation is 1. The van der Waals surface area contributed by atoms with Crippen LogP contribution in [0.15, 0.2) is 6.20 Å². The molecule has 0 aliphatic heterocycles. The van der Waals surface area contributed by atoms with Gasteiger partial charge in [-0.15, -0.1) is 17.5 Å². The zero-order valence-corrected chi connectivity index (χ0v) is 7.52. The summed E-state index contributed by atoms with van der Waals surface area (Å²) in [5.41, 5.74) is 1.08. The zero-order chi connectivity index (χ0) is 7.23. The van der Waals surface area contributed by atoms with Crippen LogP contribution in [0.3, 0.4) is 0 Å². The summed E-state index contributed by atoms with van der Waals surface area (Å²) in [7, 11) is 0. The molecule has 1 aromatic rings. The van der Waals surface area contributed by atoms with E-state index in [9.17, 15) is 0 Å². The van der Waals surface area contributed by atoms with Gasteiger partial charge in [-0.1, -0.05) is 25.0 Å². The monoisotopic (exact) mass is 175 g/mol. The predicted molar refractivity (Wildman–Crippen MR) is 46.9 cm³/mol. The highest BCUT2D eigenvalue weighted by Gasteiger charge is 1.93. The first-order valence-corrected chi connectivity index (χ1v) is 3.79. The Morgan fingerprint density at radius 2 is 2.27 bits per heavy atom. The van der Waals surface area contributed by atoms with Gasteiger partial charge in [-0.2, -0.15) is 0 Å². The van der Waals surface area contributed by atoms with Gasteiger partial charge >= 0.3 is 0 Å². The molecule has 1 N–H and O–H groups in total. The van der Waals surface area contributed by atoms with Crippen LogP contribution in [0.25, 0.3) is 0 Å². The fourth-order valence-corrected chi connectivity index (χ4v) is 0.904. The van der Waals surface area contributed by atoms with Crippen LogP contribution in [-0.4, -0.2) is 15.4 Å². The van der Waals surface area contributed by atoms with Crippen molar-refractivity contribution in [1.29, 1.82) is 0 Å². The van der Waals surface area contributed by atoms with Gasteiger partial charge in [-0.3, -0.25) is 5.10 Å². The normalized spacial score (nSPS) is 9.18. The Hall–Kier alpha value is -0.570. The standard InChI is InChI=1S/C7H13N3.ClH/c1-2-3-4-5-7-6-8-10-9-7;/h6H,2-5H2,1H3,(H,8,9,10);1H. The minimum Gasteiger partial charge on any atom is -0.265 e. The first-order chi connectivity index (χ1) is 4.93. The van der Waals surface area contributed by atoms with E-state index in [0.717, 1.165) is 12.1 Å². The molecule has 0 aliphatic carbocycles. The molecular weight excluding hydrogens is 162 g/mol. The summed E-state index contributed by atoms with van der Waals surface area (Å²) in [5, 5.41) is 10.2. The van der Waals surface area contributed by atoms with Crippen LogP contribution >= 0.6 is 12.4 Å². The van der Waals surface area contributed by atoms with E-state index in [4.69, 9.17) is 0 Å². The SMILES string of the molecule is CCCCCc1c[nH]nn1.Cl. The van der Waals surface area contributed by atoms with Gasteiger partial charge < -0.3 is 0 Å². The number of hydrogen-bond donors (Lipinski definition) is 1. The molecular formula is C7H14ClN3. The lowest BCUT2D eigenvalue weighted by Crippen LogP contribution is -1.84. The number of hydrogen-bond acceptors (Lipinski definition) is 2. The van der Waals surface area contributed by atoms with Gasteiger partial charge in [0.2, 0.25) is 0 Å². The lowest BCUT2D eigenvalue weighted by Gasteiger charge is -1.91. The van der Waals surface area contributed by atoms with E-state index in [-0.39, 0.29) is 12.4 Å². The number of halogens is 1. The molecule has 1 heterocycles. The first-order valence-electron chi connectivity index (χ1n) is 3.79. The lowest BCUT2D eigenvalue weighted by molar-refractivity contribution is 0.705. The van der Waals surface area contributed by atoms with E-state index in [2.05, 4.69) is 22.3 Å². The molecule has 64 valence electrons. The topological polar surface area (TPSA) is 41.6 Å². The third kappa shape index (κ3) is 3.98. The minimum atomic E-state index is 0. The number of nitrogens with zero attached hydrogens (tertiary/aromatic N) is 2. The minimum absolute atomic E-state index is 0. The van der Waals surface area contributed by atoms with Crippen molar-refractivity contribution in [3.05, 3.63) is 11.9 Å². The highest BCUT2D eigenvalue weighted by Crippen LogP contribution is 2.00. The van der Waals surface area contributed by atoms with Crippen molar-refractivity contribution in [1.82, 2.24) is 15.4 Å². The van der Waals surface area contributed by atoms with Crippen molar-refractivity contribution in [2.75, 3.05) is 0 Å². The molecule has 1 aromatic heterocycles. The fraction of sp³-hybridized carbons (Fsp3) is 0.714. The van der Waals surface area contributed by atoms with E-state index in [0.29, 0.717) is 0 Å². The maximum absolute atomic E-state index is 3.88. The molecule has 0 radical (unpaired) electrons. The Kier molecular flexibility index (Phi) is 5.84. The quantitative estimate of drug-likeness (QED) is 0.711. The lowest BCUT2D eigenvalue weighted by atomic mass is 10.2. The van der Waals surface area contributed by atoms with Gasteiger partial charge in [0.1, 0.15) is 0 Å². The van der Waals surface area contributed by atoms with E-state index in [1.165, 1.54) is 19.3 Å². The molecule has 3 nitrogen and oxygen atoms in total. The van der Waals surface area contributed by atoms with E-state index < -0.39 is 0 Å². The van der Waals surface area contributed by atoms with E-state index in [1.807, 2.05) is 6.20 Å². The smallest absolute Gasteiger partial charge is 0.0824 e. The van der Waals surface area contributed by atoms with Gasteiger partial charge in [-0.25, -0.2) is 0 Å². The van der Waals surface area contributed by atoms with Crippen molar-refractivity contribution in [3.63, 3.8) is 0 Å². The summed E-state index contributed by atoms with van der Waals surface area (Å²) in [5.74, 6) is 0. The molecule has 4 heteroatoms. The van der Waals surface area contributed by atoms with E-state index in [1.54, 1.807) is 0 Å². The molecule has 0 atom stereocenters. The Morgan fingerprint density at radius 3 is 2.82 bits per heavy atom. The van der Waals surface area contributed by atoms with Crippen molar-refractivity contribution < 1.29 is 0 Å². The molecule has 0 aliphatic rings. The summed E-state index contributed by atoms with van der Waals surface area (Å²) in [4.78, 5) is 0. The molecule has 0 saturated heterocycles. The van der Waals surface area contributed by atoms with Gasteiger partial charge in [0, 0.05) is 6.20 Å². The van der Waals surface area contributed by atoms with Crippen LogP contribution in [0.1, 0.15) is 31.9 Å². The molecule has 0 bridgehead atoms. The summed E-state index contributed by atoms with van der Waals surface area (Å²) < 4.78 is 0. The summed E-state index contributed by atoms with van der Waals surface area (Å²) in [6.07, 6.45) is 6.69. The fourth-order valence-electron chi connectivity index (χ4n) is 0.904. The number of aromatic amines is 1. The number of aromatic nitrogens is 3.